The molecule has 0 bridgehead atoms. The van der Waals surface area contributed by atoms with Gasteiger partial charge in [-0.25, -0.2) is 0 Å². The van der Waals surface area contributed by atoms with E-state index in [1.807, 2.05) is 31.3 Å². The molecule has 1 aromatic heterocycles. The second-order valence-electron chi connectivity index (χ2n) is 4.54. The summed E-state index contributed by atoms with van der Waals surface area (Å²) in [5, 5.41) is 11.6. The SMILES string of the molecule is CN(CCc1ccccc1)c1ccnc(C(N)=NO)c1. The van der Waals surface area contributed by atoms with E-state index in [1.165, 1.54) is 5.56 Å². The summed E-state index contributed by atoms with van der Waals surface area (Å²) in [7, 11) is 2.01. The van der Waals surface area contributed by atoms with Crippen molar-refractivity contribution in [3.05, 3.63) is 59.9 Å². The number of amidine groups is 1. The highest BCUT2D eigenvalue weighted by Crippen LogP contribution is 2.13. The summed E-state index contributed by atoms with van der Waals surface area (Å²) in [6.45, 7) is 0.879. The lowest BCUT2D eigenvalue weighted by Gasteiger charge is -2.19. The molecule has 0 aliphatic heterocycles. The lowest BCUT2D eigenvalue weighted by atomic mass is 10.1. The summed E-state index contributed by atoms with van der Waals surface area (Å²) in [6, 6.07) is 14.0. The zero-order valence-electron chi connectivity index (χ0n) is 11.4. The van der Waals surface area contributed by atoms with Gasteiger partial charge in [0.2, 0.25) is 0 Å². The van der Waals surface area contributed by atoms with Crippen molar-refractivity contribution >= 4 is 11.5 Å². The average molecular weight is 270 g/mol. The Hall–Kier alpha value is -2.56. The van der Waals surface area contributed by atoms with Gasteiger partial charge < -0.3 is 15.8 Å². The lowest BCUT2D eigenvalue weighted by molar-refractivity contribution is 0.318. The molecule has 0 aliphatic carbocycles. The molecule has 1 heterocycles. The number of pyridine rings is 1. The molecule has 0 saturated carbocycles. The van der Waals surface area contributed by atoms with Crippen molar-refractivity contribution in [1.29, 1.82) is 0 Å². The Morgan fingerprint density at radius 2 is 2.05 bits per heavy atom. The minimum Gasteiger partial charge on any atom is -0.409 e. The summed E-state index contributed by atoms with van der Waals surface area (Å²) in [4.78, 5) is 6.18. The van der Waals surface area contributed by atoms with Crippen LogP contribution in [0.1, 0.15) is 11.3 Å². The van der Waals surface area contributed by atoms with Gasteiger partial charge in [0, 0.05) is 25.5 Å². The van der Waals surface area contributed by atoms with Crippen LogP contribution in [-0.2, 0) is 6.42 Å². The van der Waals surface area contributed by atoms with Gasteiger partial charge >= 0.3 is 0 Å². The van der Waals surface area contributed by atoms with E-state index in [-0.39, 0.29) is 5.84 Å². The van der Waals surface area contributed by atoms with Crippen molar-refractivity contribution in [2.24, 2.45) is 10.9 Å². The molecule has 0 unspecified atom stereocenters. The molecule has 3 N–H and O–H groups in total. The zero-order valence-corrected chi connectivity index (χ0v) is 11.4. The van der Waals surface area contributed by atoms with Gasteiger partial charge in [0.25, 0.3) is 0 Å². The molecule has 0 radical (unpaired) electrons. The molecular formula is C15H18N4O. The van der Waals surface area contributed by atoms with E-state index in [2.05, 4.69) is 27.2 Å². The van der Waals surface area contributed by atoms with Crippen molar-refractivity contribution in [3.8, 4) is 0 Å². The summed E-state index contributed by atoms with van der Waals surface area (Å²) in [6.07, 6.45) is 2.61. The van der Waals surface area contributed by atoms with E-state index in [4.69, 9.17) is 10.9 Å². The molecule has 104 valence electrons. The van der Waals surface area contributed by atoms with Crippen LogP contribution in [0.4, 0.5) is 5.69 Å². The largest absolute Gasteiger partial charge is 0.409 e. The van der Waals surface area contributed by atoms with Crippen LogP contribution in [0.2, 0.25) is 0 Å². The highest BCUT2D eigenvalue weighted by atomic mass is 16.4. The van der Waals surface area contributed by atoms with Crippen LogP contribution in [0.5, 0.6) is 0 Å². The Labute approximate surface area is 118 Å². The molecule has 1 aromatic carbocycles. The van der Waals surface area contributed by atoms with Crippen molar-refractivity contribution in [2.75, 3.05) is 18.5 Å². The number of hydrogen-bond acceptors (Lipinski definition) is 4. The highest BCUT2D eigenvalue weighted by molar-refractivity contribution is 5.95. The quantitative estimate of drug-likeness (QED) is 0.376. The molecule has 0 spiro atoms. The molecule has 5 heteroatoms. The van der Waals surface area contributed by atoms with E-state index >= 15 is 0 Å². The van der Waals surface area contributed by atoms with Crippen molar-refractivity contribution in [1.82, 2.24) is 4.98 Å². The Morgan fingerprint density at radius 1 is 1.30 bits per heavy atom. The smallest absolute Gasteiger partial charge is 0.188 e. The summed E-state index contributed by atoms with van der Waals surface area (Å²) < 4.78 is 0. The van der Waals surface area contributed by atoms with Gasteiger partial charge in [-0.05, 0) is 24.1 Å². The highest BCUT2D eigenvalue weighted by Gasteiger charge is 2.06. The third-order valence-electron chi connectivity index (χ3n) is 3.13. The monoisotopic (exact) mass is 270 g/mol. The van der Waals surface area contributed by atoms with Crippen LogP contribution in [0, 0.1) is 0 Å². The summed E-state index contributed by atoms with van der Waals surface area (Å²) in [5.74, 6) is 0.0170. The van der Waals surface area contributed by atoms with Gasteiger partial charge in [0.1, 0.15) is 5.69 Å². The first-order chi connectivity index (χ1) is 9.70. The number of anilines is 1. The summed E-state index contributed by atoms with van der Waals surface area (Å²) >= 11 is 0. The van der Waals surface area contributed by atoms with E-state index in [9.17, 15) is 0 Å². The molecule has 5 nitrogen and oxygen atoms in total. The number of nitrogens with zero attached hydrogens (tertiary/aromatic N) is 3. The van der Waals surface area contributed by atoms with E-state index in [0.29, 0.717) is 5.69 Å². The molecule has 0 amide bonds. The predicted molar refractivity (Wildman–Crippen MR) is 80.2 cm³/mol. The Kier molecular flexibility index (Phi) is 4.55. The number of oxime groups is 1. The molecule has 0 fully saturated rings. The maximum Gasteiger partial charge on any atom is 0.188 e. The number of rotatable bonds is 5. The van der Waals surface area contributed by atoms with Crippen molar-refractivity contribution < 1.29 is 5.21 Å². The predicted octanol–water partition coefficient (Wildman–Crippen LogP) is 1.85. The maximum atomic E-state index is 8.68. The van der Waals surface area contributed by atoms with Crippen LogP contribution in [0.25, 0.3) is 0 Å². The number of benzene rings is 1. The second-order valence-corrected chi connectivity index (χ2v) is 4.54. The van der Waals surface area contributed by atoms with Gasteiger partial charge in [-0.2, -0.15) is 0 Å². The molecule has 0 saturated heterocycles. The number of aromatic nitrogens is 1. The number of likely N-dealkylation sites (N-methyl/N-ethyl adjacent to an activating group) is 1. The molecule has 2 aromatic rings. The fraction of sp³-hybridized carbons (Fsp3) is 0.200. The zero-order chi connectivity index (χ0) is 14.4. The minimum atomic E-state index is 0.0170. The first-order valence-corrected chi connectivity index (χ1v) is 6.39. The minimum absolute atomic E-state index is 0.0170. The van der Waals surface area contributed by atoms with Crippen LogP contribution in [0.15, 0.2) is 53.8 Å². The van der Waals surface area contributed by atoms with E-state index in [1.54, 1.807) is 12.3 Å². The van der Waals surface area contributed by atoms with Crippen LogP contribution in [-0.4, -0.2) is 29.6 Å². The number of nitrogens with two attached hydrogens (primary N) is 1. The van der Waals surface area contributed by atoms with Gasteiger partial charge in [-0.3, -0.25) is 4.98 Å². The van der Waals surface area contributed by atoms with Crippen LogP contribution in [0.3, 0.4) is 0 Å². The fourth-order valence-electron chi connectivity index (χ4n) is 1.92. The Bertz CT molecular complexity index is 583. The molecule has 0 aliphatic rings. The summed E-state index contributed by atoms with van der Waals surface area (Å²) in [5.41, 5.74) is 8.30. The van der Waals surface area contributed by atoms with Gasteiger partial charge in [0.15, 0.2) is 5.84 Å². The first kappa shape index (κ1) is 13.9. The van der Waals surface area contributed by atoms with E-state index in [0.717, 1.165) is 18.7 Å². The Balaban J connectivity index is 2.04. The Morgan fingerprint density at radius 3 is 2.75 bits per heavy atom. The van der Waals surface area contributed by atoms with Crippen molar-refractivity contribution in [2.45, 2.75) is 6.42 Å². The lowest BCUT2D eigenvalue weighted by Crippen LogP contribution is -2.22. The molecule has 0 atom stereocenters. The topological polar surface area (TPSA) is 74.7 Å². The van der Waals surface area contributed by atoms with Gasteiger partial charge in [-0.1, -0.05) is 35.5 Å². The molecular weight excluding hydrogens is 252 g/mol. The van der Waals surface area contributed by atoms with Crippen LogP contribution >= 0.6 is 0 Å². The molecule has 20 heavy (non-hydrogen) atoms. The number of hydrogen-bond donors (Lipinski definition) is 2. The average Bonchev–Trinajstić information content (AvgIpc) is 2.53. The van der Waals surface area contributed by atoms with E-state index < -0.39 is 0 Å². The normalized spacial score (nSPS) is 11.3. The van der Waals surface area contributed by atoms with Crippen LogP contribution < -0.4 is 10.6 Å². The van der Waals surface area contributed by atoms with Gasteiger partial charge in [0.05, 0.1) is 0 Å². The third-order valence-corrected chi connectivity index (χ3v) is 3.13. The van der Waals surface area contributed by atoms with Gasteiger partial charge in [-0.15, -0.1) is 0 Å². The standard InChI is InChI=1S/C15H18N4O/c1-19(10-8-12-5-3-2-4-6-12)13-7-9-17-14(11-13)15(16)18-20/h2-7,9,11,20H,8,10H2,1H3,(H2,16,18). The third kappa shape index (κ3) is 3.47. The molecule has 2 rings (SSSR count). The first-order valence-electron chi connectivity index (χ1n) is 6.39. The maximum absolute atomic E-state index is 8.68. The fourth-order valence-corrected chi connectivity index (χ4v) is 1.92. The second kappa shape index (κ2) is 6.56. The van der Waals surface area contributed by atoms with Crippen molar-refractivity contribution in [3.63, 3.8) is 0 Å².